The first-order valence-electron chi connectivity index (χ1n) is 10.8. The van der Waals surface area contributed by atoms with Crippen LogP contribution >= 0.6 is 11.6 Å². The predicted molar refractivity (Wildman–Crippen MR) is 129 cm³/mol. The number of aliphatic hydroxyl groups excluding tert-OH is 1. The molecular formula is C27H20ClFN2O3. The molecule has 2 N–H and O–H groups in total. The number of aromatic amines is 1. The van der Waals surface area contributed by atoms with E-state index >= 15 is 0 Å². The zero-order valence-electron chi connectivity index (χ0n) is 18.0. The Labute approximate surface area is 200 Å². The highest BCUT2D eigenvalue weighted by Crippen LogP contribution is 2.40. The SMILES string of the molecule is O=C1C(=O)N(CCc2ccc(Cl)cc2)C(c2ccc(F)cc2)/C1=C(/O)c1c[nH]c2ccccc12. The van der Waals surface area contributed by atoms with E-state index in [1.807, 2.05) is 36.4 Å². The van der Waals surface area contributed by atoms with E-state index in [0.29, 0.717) is 22.6 Å². The monoisotopic (exact) mass is 474 g/mol. The van der Waals surface area contributed by atoms with Crippen molar-refractivity contribution in [3.05, 3.63) is 112 Å². The molecule has 1 amide bonds. The molecule has 7 heteroatoms. The molecule has 3 aromatic carbocycles. The Morgan fingerprint density at radius 2 is 1.71 bits per heavy atom. The molecule has 1 aliphatic heterocycles. The maximum Gasteiger partial charge on any atom is 0.295 e. The number of rotatable bonds is 5. The van der Waals surface area contributed by atoms with E-state index in [0.717, 1.165) is 16.5 Å². The highest BCUT2D eigenvalue weighted by Gasteiger charge is 2.46. The summed E-state index contributed by atoms with van der Waals surface area (Å²) in [5.74, 6) is -2.17. The number of amides is 1. The molecule has 34 heavy (non-hydrogen) atoms. The number of Topliss-reactive ketones (excluding diaryl/α,β-unsaturated/α-hetero) is 1. The minimum absolute atomic E-state index is 0.0162. The van der Waals surface area contributed by atoms with E-state index in [9.17, 15) is 19.1 Å². The van der Waals surface area contributed by atoms with E-state index in [4.69, 9.17) is 11.6 Å². The maximum absolute atomic E-state index is 13.7. The van der Waals surface area contributed by atoms with E-state index in [-0.39, 0.29) is 17.9 Å². The molecule has 1 saturated heterocycles. The fourth-order valence-corrected chi connectivity index (χ4v) is 4.54. The van der Waals surface area contributed by atoms with Gasteiger partial charge in [-0.15, -0.1) is 0 Å². The fraction of sp³-hybridized carbons (Fsp3) is 0.111. The third-order valence-electron chi connectivity index (χ3n) is 6.12. The van der Waals surface area contributed by atoms with Gasteiger partial charge in [0, 0.05) is 34.2 Å². The van der Waals surface area contributed by atoms with Crippen LogP contribution in [0.3, 0.4) is 0 Å². The summed E-state index contributed by atoms with van der Waals surface area (Å²) in [6.07, 6.45) is 2.10. The van der Waals surface area contributed by atoms with Gasteiger partial charge in [-0.25, -0.2) is 4.39 Å². The molecule has 1 fully saturated rings. The number of halogens is 2. The summed E-state index contributed by atoms with van der Waals surface area (Å²) >= 11 is 5.97. The second-order valence-corrected chi connectivity index (χ2v) is 8.60. The molecule has 1 aliphatic rings. The minimum Gasteiger partial charge on any atom is -0.507 e. The van der Waals surface area contributed by atoms with Gasteiger partial charge in [-0.2, -0.15) is 0 Å². The van der Waals surface area contributed by atoms with Crippen LogP contribution in [0.4, 0.5) is 4.39 Å². The molecule has 0 spiro atoms. The van der Waals surface area contributed by atoms with Gasteiger partial charge in [0.05, 0.1) is 11.6 Å². The zero-order chi connectivity index (χ0) is 23.8. The van der Waals surface area contributed by atoms with E-state index in [2.05, 4.69) is 4.98 Å². The summed E-state index contributed by atoms with van der Waals surface area (Å²) in [5.41, 5.74) is 2.69. The summed E-state index contributed by atoms with van der Waals surface area (Å²) in [6, 6.07) is 19.4. The number of benzene rings is 3. The molecule has 0 radical (unpaired) electrons. The van der Waals surface area contributed by atoms with Crippen LogP contribution in [0, 0.1) is 5.82 Å². The number of likely N-dealkylation sites (tertiary alicyclic amines) is 1. The number of H-pyrrole nitrogens is 1. The lowest BCUT2D eigenvalue weighted by molar-refractivity contribution is -0.139. The molecule has 0 aliphatic carbocycles. The lowest BCUT2D eigenvalue weighted by Gasteiger charge is -2.25. The van der Waals surface area contributed by atoms with Crippen LogP contribution in [0.15, 0.2) is 84.6 Å². The largest absolute Gasteiger partial charge is 0.507 e. The molecule has 1 atom stereocenters. The van der Waals surface area contributed by atoms with Gasteiger partial charge in [-0.05, 0) is 47.9 Å². The van der Waals surface area contributed by atoms with Gasteiger partial charge in [0.15, 0.2) is 0 Å². The topological polar surface area (TPSA) is 73.4 Å². The van der Waals surface area contributed by atoms with E-state index < -0.39 is 23.5 Å². The van der Waals surface area contributed by atoms with Crippen LogP contribution in [-0.4, -0.2) is 33.2 Å². The quantitative estimate of drug-likeness (QED) is 0.224. The molecule has 5 nitrogen and oxygen atoms in total. The first-order valence-corrected chi connectivity index (χ1v) is 11.2. The Kier molecular flexibility index (Phi) is 5.67. The van der Waals surface area contributed by atoms with Gasteiger partial charge in [0.2, 0.25) is 0 Å². The number of aromatic nitrogens is 1. The summed E-state index contributed by atoms with van der Waals surface area (Å²) < 4.78 is 13.7. The van der Waals surface area contributed by atoms with E-state index in [1.165, 1.54) is 29.2 Å². The number of hydrogen-bond donors (Lipinski definition) is 2. The number of nitrogens with one attached hydrogen (secondary N) is 1. The van der Waals surface area contributed by atoms with Crippen LogP contribution in [-0.2, 0) is 16.0 Å². The highest BCUT2D eigenvalue weighted by molar-refractivity contribution is 6.46. The smallest absolute Gasteiger partial charge is 0.295 e. The second-order valence-electron chi connectivity index (χ2n) is 8.17. The Bertz CT molecular complexity index is 1420. The summed E-state index contributed by atoms with van der Waals surface area (Å²) in [5, 5.41) is 12.6. The standard InChI is InChI=1S/C27H20ClFN2O3/c28-18-9-5-16(6-10-18)13-14-31-24(17-7-11-19(29)12-8-17)23(26(33)27(31)34)25(32)21-15-30-22-4-2-1-3-20(21)22/h1-12,15,24,30,32H,13-14H2/b25-23-. The van der Waals surface area contributed by atoms with E-state index in [1.54, 1.807) is 18.3 Å². The van der Waals surface area contributed by atoms with Crippen molar-refractivity contribution in [3.63, 3.8) is 0 Å². The highest BCUT2D eigenvalue weighted by atomic mass is 35.5. The Hall–Kier alpha value is -3.90. The number of para-hydroxylation sites is 1. The summed E-state index contributed by atoms with van der Waals surface area (Å²) in [7, 11) is 0. The fourth-order valence-electron chi connectivity index (χ4n) is 4.42. The van der Waals surface area contributed by atoms with Gasteiger partial charge in [-0.1, -0.05) is 54.1 Å². The molecule has 0 saturated carbocycles. The second kappa shape index (κ2) is 8.80. The summed E-state index contributed by atoms with van der Waals surface area (Å²) in [4.78, 5) is 30.8. The Morgan fingerprint density at radius 1 is 1.00 bits per heavy atom. The van der Waals surface area contributed by atoms with Crippen LogP contribution in [0.2, 0.25) is 5.02 Å². The number of hydrogen-bond acceptors (Lipinski definition) is 3. The number of fused-ring (bicyclic) bond motifs is 1. The van der Waals surface area contributed by atoms with Crippen molar-refractivity contribution in [2.24, 2.45) is 0 Å². The van der Waals surface area contributed by atoms with Gasteiger partial charge >= 0.3 is 0 Å². The van der Waals surface area contributed by atoms with Gasteiger partial charge in [0.1, 0.15) is 11.6 Å². The molecule has 2 heterocycles. The number of carbonyl (C=O) groups is 2. The van der Waals surface area contributed by atoms with Gasteiger partial charge in [0.25, 0.3) is 11.7 Å². The third kappa shape index (κ3) is 3.86. The van der Waals surface area contributed by atoms with Crippen molar-refractivity contribution in [3.8, 4) is 0 Å². The van der Waals surface area contributed by atoms with Crippen molar-refractivity contribution in [1.29, 1.82) is 0 Å². The Balaban J connectivity index is 1.60. The molecular weight excluding hydrogens is 455 g/mol. The lowest BCUT2D eigenvalue weighted by atomic mass is 9.95. The molecule has 4 aromatic rings. The van der Waals surface area contributed by atoms with Crippen molar-refractivity contribution in [2.75, 3.05) is 6.54 Å². The molecule has 1 aromatic heterocycles. The lowest BCUT2D eigenvalue weighted by Crippen LogP contribution is -2.31. The molecule has 1 unspecified atom stereocenters. The number of carbonyl (C=O) groups excluding carboxylic acids is 2. The van der Waals surface area contributed by atoms with Crippen molar-refractivity contribution < 1.29 is 19.1 Å². The van der Waals surface area contributed by atoms with Crippen molar-refractivity contribution in [2.45, 2.75) is 12.5 Å². The first kappa shape index (κ1) is 21.9. The minimum atomic E-state index is -0.846. The third-order valence-corrected chi connectivity index (χ3v) is 6.38. The molecule has 0 bridgehead atoms. The number of aliphatic hydroxyl groups is 1. The van der Waals surface area contributed by atoms with Crippen LogP contribution < -0.4 is 0 Å². The average molecular weight is 475 g/mol. The maximum atomic E-state index is 13.7. The zero-order valence-corrected chi connectivity index (χ0v) is 18.7. The van der Waals surface area contributed by atoms with Crippen LogP contribution in [0.25, 0.3) is 16.7 Å². The number of ketones is 1. The van der Waals surface area contributed by atoms with Crippen molar-refractivity contribution in [1.82, 2.24) is 9.88 Å². The van der Waals surface area contributed by atoms with Crippen LogP contribution in [0.5, 0.6) is 0 Å². The Morgan fingerprint density at radius 3 is 2.44 bits per heavy atom. The summed E-state index contributed by atoms with van der Waals surface area (Å²) in [6.45, 7) is 0.235. The van der Waals surface area contributed by atoms with Crippen LogP contribution in [0.1, 0.15) is 22.7 Å². The normalized spacial score (nSPS) is 17.6. The predicted octanol–water partition coefficient (Wildman–Crippen LogP) is 5.62. The molecule has 5 rings (SSSR count). The van der Waals surface area contributed by atoms with Gasteiger partial charge < -0.3 is 15.0 Å². The average Bonchev–Trinajstić information content (AvgIpc) is 3.38. The van der Waals surface area contributed by atoms with Gasteiger partial charge in [-0.3, -0.25) is 9.59 Å². The first-order chi connectivity index (χ1) is 16.4. The molecule has 170 valence electrons. The van der Waals surface area contributed by atoms with Crippen molar-refractivity contribution >= 4 is 40.0 Å². The number of nitrogens with zero attached hydrogens (tertiary/aromatic N) is 1.